The summed E-state index contributed by atoms with van der Waals surface area (Å²) in [5.41, 5.74) is 2.09. The molecule has 0 radical (unpaired) electrons. The topological polar surface area (TPSA) is 80.7 Å². The van der Waals surface area contributed by atoms with Gasteiger partial charge in [-0.15, -0.1) is 35.3 Å². The van der Waals surface area contributed by atoms with Gasteiger partial charge in [0.15, 0.2) is 5.96 Å². The highest BCUT2D eigenvalue weighted by atomic mass is 127. The van der Waals surface area contributed by atoms with Crippen LogP contribution in [-0.4, -0.2) is 49.8 Å². The van der Waals surface area contributed by atoms with Gasteiger partial charge < -0.3 is 20.1 Å². The van der Waals surface area contributed by atoms with Crippen LogP contribution in [0.5, 0.6) is 5.88 Å². The van der Waals surface area contributed by atoms with Crippen LogP contribution in [0.4, 0.5) is 0 Å². The van der Waals surface area contributed by atoms with Crippen LogP contribution in [0.2, 0.25) is 0 Å². The Morgan fingerprint density at radius 2 is 2.07 bits per heavy atom. The number of pyridine rings is 1. The van der Waals surface area contributed by atoms with Gasteiger partial charge in [0.25, 0.3) is 0 Å². The molecule has 2 rings (SSSR count). The molecule has 0 saturated carbocycles. The summed E-state index contributed by atoms with van der Waals surface area (Å²) in [6, 6.07) is 3.88. The predicted molar refractivity (Wildman–Crippen MR) is 121 cm³/mol. The molecule has 0 aliphatic heterocycles. The van der Waals surface area contributed by atoms with Crippen molar-refractivity contribution in [3.8, 4) is 5.88 Å². The van der Waals surface area contributed by atoms with E-state index in [9.17, 15) is 0 Å². The zero-order valence-electron chi connectivity index (χ0n) is 16.2. The maximum atomic E-state index is 5.65. The number of aliphatic imine (C=N–C) groups is 1. The first kappa shape index (κ1) is 23.6. The summed E-state index contributed by atoms with van der Waals surface area (Å²) >= 11 is 1.75. The number of halogens is 1. The van der Waals surface area contributed by atoms with Crippen LogP contribution in [0, 0.1) is 13.8 Å². The molecule has 2 aromatic rings. The fourth-order valence-electron chi connectivity index (χ4n) is 2.24. The summed E-state index contributed by atoms with van der Waals surface area (Å²) < 4.78 is 10.7. The second-order valence-corrected chi connectivity index (χ2v) is 6.95. The number of guanidine groups is 1. The molecule has 0 aliphatic carbocycles. The molecule has 150 valence electrons. The van der Waals surface area contributed by atoms with Crippen molar-refractivity contribution in [1.82, 2.24) is 20.6 Å². The average Bonchev–Trinajstić information content (AvgIpc) is 2.97. The molecule has 0 atom stereocenters. The molecule has 27 heavy (non-hydrogen) atoms. The summed E-state index contributed by atoms with van der Waals surface area (Å²) in [5, 5.41) is 7.75. The molecular weight excluding hydrogens is 477 g/mol. The van der Waals surface area contributed by atoms with E-state index in [1.54, 1.807) is 31.7 Å². The number of nitrogens with one attached hydrogen (secondary N) is 2. The fraction of sp³-hybridized carbons (Fsp3) is 0.500. The summed E-state index contributed by atoms with van der Waals surface area (Å²) in [4.78, 5) is 14.4. The molecule has 0 bridgehead atoms. The molecule has 2 N–H and O–H groups in total. The quantitative estimate of drug-likeness (QED) is 0.236. The highest BCUT2D eigenvalue weighted by molar-refractivity contribution is 14.0. The van der Waals surface area contributed by atoms with E-state index in [1.165, 1.54) is 4.88 Å². The summed E-state index contributed by atoms with van der Waals surface area (Å²) in [6.07, 6.45) is 2.59. The van der Waals surface area contributed by atoms with Gasteiger partial charge in [-0.3, -0.25) is 4.99 Å². The lowest BCUT2D eigenvalue weighted by molar-refractivity contribution is 0.143. The number of methoxy groups -OCH3 is 1. The van der Waals surface area contributed by atoms with Gasteiger partial charge in [-0.05, 0) is 19.9 Å². The van der Waals surface area contributed by atoms with Gasteiger partial charge >= 0.3 is 0 Å². The zero-order valence-corrected chi connectivity index (χ0v) is 19.4. The number of hydrogen-bond donors (Lipinski definition) is 2. The third-order valence-corrected chi connectivity index (χ3v) is 4.88. The largest absolute Gasteiger partial charge is 0.475 e. The third-order valence-electron chi connectivity index (χ3n) is 3.75. The van der Waals surface area contributed by atoms with Crippen molar-refractivity contribution in [2.75, 3.05) is 33.9 Å². The van der Waals surface area contributed by atoms with Crippen LogP contribution in [0.15, 0.2) is 23.3 Å². The Balaban J connectivity index is 0.00000364. The van der Waals surface area contributed by atoms with Crippen LogP contribution >= 0.6 is 35.3 Å². The molecule has 2 aromatic heterocycles. The molecule has 0 fully saturated rings. The fourth-order valence-corrected chi connectivity index (χ4v) is 3.18. The normalized spacial score (nSPS) is 11.0. The second-order valence-electron chi connectivity index (χ2n) is 5.66. The Morgan fingerprint density at radius 3 is 2.74 bits per heavy atom. The minimum absolute atomic E-state index is 0. The minimum Gasteiger partial charge on any atom is -0.475 e. The highest BCUT2D eigenvalue weighted by Crippen LogP contribution is 2.16. The lowest BCUT2D eigenvalue weighted by atomic mass is 10.2. The van der Waals surface area contributed by atoms with Gasteiger partial charge in [0.05, 0.1) is 17.3 Å². The van der Waals surface area contributed by atoms with E-state index >= 15 is 0 Å². The van der Waals surface area contributed by atoms with E-state index in [1.807, 2.05) is 19.1 Å². The number of rotatable bonds is 9. The van der Waals surface area contributed by atoms with E-state index in [-0.39, 0.29) is 24.0 Å². The Morgan fingerprint density at radius 1 is 1.26 bits per heavy atom. The minimum atomic E-state index is 0. The van der Waals surface area contributed by atoms with Crippen molar-refractivity contribution in [2.24, 2.45) is 4.99 Å². The van der Waals surface area contributed by atoms with Gasteiger partial charge in [-0.25, -0.2) is 9.97 Å². The van der Waals surface area contributed by atoms with E-state index in [0.717, 1.165) is 35.2 Å². The van der Waals surface area contributed by atoms with Crippen LogP contribution in [0.3, 0.4) is 0 Å². The molecule has 7 nitrogen and oxygen atoms in total. The Hall–Kier alpha value is -1.46. The van der Waals surface area contributed by atoms with Gasteiger partial charge in [0.2, 0.25) is 5.88 Å². The lowest BCUT2D eigenvalue weighted by Crippen LogP contribution is -2.38. The van der Waals surface area contributed by atoms with Gasteiger partial charge in [0, 0.05) is 50.3 Å². The SMILES string of the molecule is CN=C(NCCc1nc(C)c(C)s1)NCc1cccnc1OCCOC.I. The van der Waals surface area contributed by atoms with Crippen molar-refractivity contribution >= 4 is 41.3 Å². The molecule has 0 saturated heterocycles. The maximum Gasteiger partial charge on any atom is 0.218 e. The van der Waals surface area contributed by atoms with Crippen LogP contribution in [0.1, 0.15) is 21.1 Å². The first-order chi connectivity index (χ1) is 12.6. The van der Waals surface area contributed by atoms with Crippen molar-refractivity contribution in [2.45, 2.75) is 26.8 Å². The number of ether oxygens (including phenoxy) is 2. The smallest absolute Gasteiger partial charge is 0.218 e. The number of thiazole rings is 1. The zero-order chi connectivity index (χ0) is 18.8. The van der Waals surface area contributed by atoms with Gasteiger partial charge in [-0.1, -0.05) is 6.07 Å². The molecule has 0 aliphatic rings. The molecule has 0 unspecified atom stereocenters. The second kappa shape index (κ2) is 12.8. The molecule has 0 spiro atoms. The molecule has 0 aromatic carbocycles. The Kier molecular flexibility index (Phi) is 11.2. The Labute approximate surface area is 182 Å². The Bertz CT molecular complexity index is 704. The van der Waals surface area contributed by atoms with E-state index in [0.29, 0.717) is 25.6 Å². The maximum absolute atomic E-state index is 5.65. The summed E-state index contributed by atoms with van der Waals surface area (Å²) in [6.45, 7) is 6.50. The third kappa shape index (κ3) is 7.97. The molecule has 2 heterocycles. The van der Waals surface area contributed by atoms with Gasteiger partial charge in [0.1, 0.15) is 6.61 Å². The first-order valence-electron chi connectivity index (χ1n) is 8.57. The number of nitrogens with zero attached hydrogens (tertiary/aromatic N) is 3. The number of aryl methyl sites for hydroxylation is 2. The molecule has 0 amide bonds. The van der Waals surface area contributed by atoms with Crippen molar-refractivity contribution in [3.05, 3.63) is 39.5 Å². The van der Waals surface area contributed by atoms with Crippen molar-refractivity contribution < 1.29 is 9.47 Å². The highest BCUT2D eigenvalue weighted by Gasteiger charge is 2.07. The standard InChI is InChI=1S/C18H27N5O2S.HI/c1-13-14(2)26-16(23-13)7-9-21-18(19-3)22-12-15-6-5-8-20-17(15)25-11-10-24-4;/h5-6,8H,7,9-12H2,1-4H3,(H2,19,21,22);1H. The van der Waals surface area contributed by atoms with Gasteiger partial charge in [-0.2, -0.15) is 0 Å². The van der Waals surface area contributed by atoms with E-state index in [4.69, 9.17) is 9.47 Å². The van der Waals surface area contributed by atoms with Crippen LogP contribution in [-0.2, 0) is 17.7 Å². The molecule has 9 heteroatoms. The van der Waals surface area contributed by atoms with Crippen LogP contribution < -0.4 is 15.4 Å². The predicted octanol–water partition coefficient (Wildman–Crippen LogP) is 2.71. The summed E-state index contributed by atoms with van der Waals surface area (Å²) in [7, 11) is 3.40. The van der Waals surface area contributed by atoms with E-state index < -0.39 is 0 Å². The number of hydrogen-bond acceptors (Lipinski definition) is 6. The van der Waals surface area contributed by atoms with E-state index in [2.05, 4.69) is 32.5 Å². The lowest BCUT2D eigenvalue weighted by Gasteiger charge is -2.13. The first-order valence-corrected chi connectivity index (χ1v) is 9.38. The van der Waals surface area contributed by atoms with Crippen molar-refractivity contribution in [1.29, 1.82) is 0 Å². The van der Waals surface area contributed by atoms with Crippen LogP contribution in [0.25, 0.3) is 0 Å². The number of aromatic nitrogens is 2. The van der Waals surface area contributed by atoms with Crippen molar-refractivity contribution in [3.63, 3.8) is 0 Å². The average molecular weight is 505 g/mol. The summed E-state index contributed by atoms with van der Waals surface area (Å²) in [5.74, 6) is 1.35. The molecular formula is C18H28IN5O2S. The monoisotopic (exact) mass is 505 g/mol.